The van der Waals surface area contributed by atoms with Crippen LogP contribution in [0, 0.1) is 5.92 Å². The average molecular weight is 258 g/mol. The van der Waals surface area contributed by atoms with Crippen LogP contribution in [-0.4, -0.2) is 30.4 Å². The summed E-state index contributed by atoms with van der Waals surface area (Å²) in [6, 6.07) is 6.11. The summed E-state index contributed by atoms with van der Waals surface area (Å²) in [5, 5.41) is 3.34. The molecule has 3 heteroatoms. The maximum Gasteiger partial charge on any atom is 0.253 e. The first-order valence-corrected chi connectivity index (χ1v) is 7.44. The Morgan fingerprint density at radius 1 is 1.47 bits per heavy atom. The van der Waals surface area contributed by atoms with Crippen LogP contribution in [0.4, 0.5) is 5.69 Å². The Morgan fingerprint density at radius 2 is 2.37 bits per heavy atom. The second kappa shape index (κ2) is 5.24. The lowest BCUT2D eigenvalue weighted by Gasteiger charge is -2.17. The van der Waals surface area contributed by atoms with Crippen molar-refractivity contribution in [2.24, 2.45) is 5.92 Å². The molecule has 1 atom stereocenters. The molecule has 1 aromatic carbocycles. The first-order valence-electron chi connectivity index (χ1n) is 7.44. The van der Waals surface area contributed by atoms with Crippen molar-refractivity contribution in [2.75, 3.05) is 25.0 Å². The lowest BCUT2D eigenvalue weighted by molar-refractivity contribution is 0.0786. The highest BCUT2D eigenvalue weighted by Gasteiger charge is 2.26. The first kappa shape index (κ1) is 12.5. The third-order valence-electron chi connectivity index (χ3n) is 4.34. The molecule has 0 aromatic heterocycles. The molecule has 1 fully saturated rings. The number of nitrogens with one attached hydrogen (secondary N) is 1. The Kier molecular flexibility index (Phi) is 3.45. The van der Waals surface area contributed by atoms with Crippen LogP contribution >= 0.6 is 0 Å². The standard InChI is InChI=1S/C16H22N2O/c1-2-3-12-7-9-18(11-12)16(19)14-5-4-13-6-8-17-15(13)10-14/h4-5,10,12,17H,2-3,6-9,11H2,1H3. The van der Waals surface area contributed by atoms with Crippen LogP contribution in [0.2, 0.25) is 0 Å². The molecule has 19 heavy (non-hydrogen) atoms. The minimum atomic E-state index is 0.204. The summed E-state index contributed by atoms with van der Waals surface area (Å²) in [6.45, 7) is 5.08. The van der Waals surface area contributed by atoms with Gasteiger partial charge in [-0.2, -0.15) is 0 Å². The summed E-state index contributed by atoms with van der Waals surface area (Å²) in [4.78, 5) is 14.5. The number of nitrogens with zero attached hydrogens (tertiary/aromatic N) is 1. The lowest BCUT2D eigenvalue weighted by Crippen LogP contribution is -2.28. The van der Waals surface area contributed by atoms with E-state index in [2.05, 4.69) is 18.3 Å². The normalized spacial score (nSPS) is 21.3. The molecule has 1 amide bonds. The van der Waals surface area contributed by atoms with Gasteiger partial charge in [0.2, 0.25) is 0 Å². The number of amides is 1. The Hall–Kier alpha value is -1.51. The van der Waals surface area contributed by atoms with Crippen LogP contribution in [-0.2, 0) is 6.42 Å². The van der Waals surface area contributed by atoms with Crippen LogP contribution in [0.3, 0.4) is 0 Å². The Labute approximate surface area is 115 Å². The van der Waals surface area contributed by atoms with Crippen molar-refractivity contribution in [3.63, 3.8) is 0 Å². The zero-order chi connectivity index (χ0) is 13.2. The number of fused-ring (bicyclic) bond motifs is 1. The van der Waals surface area contributed by atoms with Gasteiger partial charge in [0.05, 0.1) is 0 Å². The average Bonchev–Trinajstić information content (AvgIpc) is 3.05. The van der Waals surface area contributed by atoms with E-state index in [1.54, 1.807) is 0 Å². The molecule has 1 aromatic rings. The van der Waals surface area contributed by atoms with Gasteiger partial charge in [0.1, 0.15) is 0 Å². The van der Waals surface area contributed by atoms with E-state index in [0.29, 0.717) is 5.92 Å². The van der Waals surface area contributed by atoms with E-state index in [9.17, 15) is 4.79 Å². The highest BCUT2D eigenvalue weighted by atomic mass is 16.2. The fourth-order valence-electron chi connectivity index (χ4n) is 3.27. The predicted octanol–water partition coefficient (Wildman–Crippen LogP) is 2.92. The largest absolute Gasteiger partial charge is 0.384 e. The van der Waals surface area contributed by atoms with E-state index in [1.165, 1.54) is 24.8 Å². The summed E-state index contributed by atoms with van der Waals surface area (Å²) in [6.07, 6.45) is 4.71. The topological polar surface area (TPSA) is 32.3 Å². The molecule has 2 aliphatic heterocycles. The number of benzene rings is 1. The number of rotatable bonds is 3. The number of hydrogen-bond acceptors (Lipinski definition) is 2. The highest BCUT2D eigenvalue weighted by molar-refractivity contribution is 5.95. The molecule has 1 N–H and O–H groups in total. The van der Waals surface area contributed by atoms with Crippen molar-refractivity contribution >= 4 is 11.6 Å². The number of anilines is 1. The maximum atomic E-state index is 12.5. The van der Waals surface area contributed by atoms with E-state index in [-0.39, 0.29) is 5.91 Å². The predicted molar refractivity (Wildman–Crippen MR) is 77.6 cm³/mol. The molecule has 3 rings (SSSR count). The lowest BCUT2D eigenvalue weighted by atomic mass is 10.0. The monoisotopic (exact) mass is 258 g/mol. The van der Waals surface area contributed by atoms with Gasteiger partial charge >= 0.3 is 0 Å². The van der Waals surface area contributed by atoms with Crippen molar-refractivity contribution in [1.29, 1.82) is 0 Å². The number of carbonyl (C=O) groups is 1. The number of hydrogen-bond donors (Lipinski definition) is 1. The van der Waals surface area contributed by atoms with Gasteiger partial charge in [0.25, 0.3) is 5.91 Å². The molecule has 1 saturated heterocycles. The second-order valence-corrected chi connectivity index (χ2v) is 5.74. The van der Waals surface area contributed by atoms with Gasteiger partial charge in [-0.1, -0.05) is 19.4 Å². The number of carbonyl (C=O) groups excluding carboxylic acids is 1. The molecular weight excluding hydrogens is 236 g/mol. The maximum absolute atomic E-state index is 12.5. The summed E-state index contributed by atoms with van der Waals surface area (Å²) in [7, 11) is 0. The van der Waals surface area contributed by atoms with Gasteiger partial charge in [-0.05, 0) is 42.9 Å². The first-order chi connectivity index (χ1) is 9.28. The molecule has 0 radical (unpaired) electrons. The van der Waals surface area contributed by atoms with Crippen LogP contribution in [0.5, 0.6) is 0 Å². The molecule has 0 aliphatic carbocycles. The quantitative estimate of drug-likeness (QED) is 0.904. The summed E-state index contributed by atoms with van der Waals surface area (Å²) < 4.78 is 0. The van der Waals surface area contributed by atoms with E-state index >= 15 is 0 Å². The van der Waals surface area contributed by atoms with E-state index in [1.807, 2.05) is 17.0 Å². The third-order valence-corrected chi connectivity index (χ3v) is 4.34. The van der Waals surface area contributed by atoms with Gasteiger partial charge in [0, 0.05) is 30.9 Å². The molecule has 0 bridgehead atoms. The summed E-state index contributed by atoms with van der Waals surface area (Å²) >= 11 is 0. The Balaban J connectivity index is 1.71. The van der Waals surface area contributed by atoms with Crippen LogP contribution in [0.15, 0.2) is 18.2 Å². The molecule has 2 heterocycles. The fourth-order valence-corrected chi connectivity index (χ4v) is 3.27. The third kappa shape index (κ3) is 2.46. The second-order valence-electron chi connectivity index (χ2n) is 5.74. The molecule has 0 spiro atoms. The van der Waals surface area contributed by atoms with Gasteiger partial charge in [0.15, 0.2) is 0 Å². The summed E-state index contributed by atoms with van der Waals surface area (Å²) in [5.74, 6) is 0.914. The Morgan fingerprint density at radius 3 is 3.21 bits per heavy atom. The molecule has 2 aliphatic rings. The van der Waals surface area contributed by atoms with Crippen molar-refractivity contribution in [1.82, 2.24) is 4.90 Å². The molecular formula is C16H22N2O. The molecule has 1 unspecified atom stereocenters. The zero-order valence-electron chi connectivity index (χ0n) is 11.6. The fraction of sp³-hybridized carbons (Fsp3) is 0.562. The summed E-state index contributed by atoms with van der Waals surface area (Å²) in [5.41, 5.74) is 3.32. The molecule has 3 nitrogen and oxygen atoms in total. The van der Waals surface area contributed by atoms with Gasteiger partial charge in [-0.3, -0.25) is 4.79 Å². The minimum absolute atomic E-state index is 0.204. The highest BCUT2D eigenvalue weighted by Crippen LogP contribution is 2.26. The van der Waals surface area contributed by atoms with E-state index in [4.69, 9.17) is 0 Å². The van der Waals surface area contributed by atoms with Crippen molar-refractivity contribution < 1.29 is 4.79 Å². The van der Waals surface area contributed by atoms with Crippen LogP contribution < -0.4 is 5.32 Å². The van der Waals surface area contributed by atoms with Crippen molar-refractivity contribution in [2.45, 2.75) is 32.6 Å². The van der Waals surface area contributed by atoms with Crippen LogP contribution in [0.25, 0.3) is 0 Å². The van der Waals surface area contributed by atoms with E-state index in [0.717, 1.165) is 37.3 Å². The van der Waals surface area contributed by atoms with Crippen LogP contribution in [0.1, 0.15) is 42.1 Å². The zero-order valence-corrected chi connectivity index (χ0v) is 11.6. The molecule has 102 valence electrons. The van der Waals surface area contributed by atoms with Gasteiger partial charge in [-0.25, -0.2) is 0 Å². The Bertz CT molecular complexity index is 484. The van der Waals surface area contributed by atoms with E-state index < -0.39 is 0 Å². The smallest absolute Gasteiger partial charge is 0.253 e. The van der Waals surface area contributed by atoms with Gasteiger partial charge in [-0.15, -0.1) is 0 Å². The molecule has 0 saturated carbocycles. The van der Waals surface area contributed by atoms with Crippen molar-refractivity contribution in [3.05, 3.63) is 29.3 Å². The van der Waals surface area contributed by atoms with Crippen molar-refractivity contribution in [3.8, 4) is 0 Å². The van der Waals surface area contributed by atoms with Gasteiger partial charge < -0.3 is 10.2 Å². The SMILES string of the molecule is CCCC1CCN(C(=O)c2ccc3c(c2)NCC3)C1. The minimum Gasteiger partial charge on any atom is -0.384 e. The number of likely N-dealkylation sites (tertiary alicyclic amines) is 1.